The average Bonchev–Trinajstić information content (AvgIpc) is 2.65. The molecule has 0 unspecified atom stereocenters. The molecule has 0 aliphatic rings. The largest absolute Gasteiger partial charge is 0.357 e. The highest BCUT2D eigenvalue weighted by Crippen LogP contribution is 2.11. The molecule has 0 aromatic heterocycles. The van der Waals surface area contributed by atoms with Gasteiger partial charge in [0, 0.05) is 18.8 Å². The van der Waals surface area contributed by atoms with Crippen molar-refractivity contribution < 1.29 is 9.18 Å². The van der Waals surface area contributed by atoms with Crippen molar-refractivity contribution in [1.29, 1.82) is 0 Å². The fourth-order valence-corrected chi connectivity index (χ4v) is 2.54. The van der Waals surface area contributed by atoms with Gasteiger partial charge in [-0.1, -0.05) is 24.3 Å². The molecule has 3 N–H and O–H groups in total. The van der Waals surface area contributed by atoms with E-state index < -0.39 is 0 Å². The Hall–Kier alpha value is -2.20. The standard InChI is InChI=1S/C21H28FN5O.HI/c1-4-23-21(24-13-16-8-10-18(22)11-9-16)25-14-17-6-5-7-19(12-17)26-20(28)15-27(2)3;/h5-12H,4,13-15H2,1-3H3,(H,26,28)(H2,23,24,25);1H. The molecule has 0 heterocycles. The molecule has 2 rings (SSSR count). The average molecular weight is 513 g/mol. The number of amides is 1. The van der Waals surface area contributed by atoms with Gasteiger partial charge in [0.25, 0.3) is 0 Å². The van der Waals surface area contributed by atoms with Crippen LogP contribution in [0.5, 0.6) is 0 Å². The summed E-state index contributed by atoms with van der Waals surface area (Å²) >= 11 is 0. The minimum absolute atomic E-state index is 0. The Bertz CT molecular complexity index is 796. The van der Waals surface area contributed by atoms with Crippen molar-refractivity contribution in [3.8, 4) is 0 Å². The fourth-order valence-electron chi connectivity index (χ4n) is 2.54. The smallest absolute Gasteiger partial charge is 0.238 e. The van der Waals surface area contributed by atoms with Gasteiger partial charge in [-0.15, -0.1) is 24.0 Å². The number of aliphatic imine (C=N–C) groups is 1. The molecule has 6 nitrogen and oxygen atoms in total. The summed E-state index contributed by atoms with van der Waals surface area (Å²) in [6, 6.07) is 14.0. The van der Waals surface area contributed by atoms with Gasteiger partial charge < -0.3 is 20.9 Å². The van der Waals surface area contributed by atoms with Crippen LogP contribution in [-0.4, -0.2) is 44.0 Å². The quantitative estimate of drug-likeness (QED) is 0.288. The van der Waals surface area contributed by atoms with Gasteiger partial charge in [0.2, 0.25) is 5.91 Å². The van der Waals surface area contributed by atoms with E-state index in [0.717, 1.165) is 23.4 Å². The van der Waals surface area contributed by atoms with E-state index in [4.69, 9.17) is 0 Å². The Morgan fingerprint density at radius 2 is 1.79 bits per heavy atom. The molecule has 0 radical (unpaired) electrons. The normalized spacial score (nSPS) is 11.0. The summed E-state index contributed by atoms with van der Waals surface area (Å²) < 4.78 is 13.0. The maximum absolute atomic E-state index is 13.0. The molecular formula is C21H29FIN5O. The molecule has 2 aromatic rings. The second-order valence-corrected chi connectivity index (χ2v) is 6.66. The minimum atomic E-state index is -0.248. The van der Waals surface area contributed by atoms with E-state index >= 15 is 0 Å². The molecule has 158 valence electrons. The van der Waals surface area contributed by atoms with Gasteiger partial charge in [0.1, 0.15) is 5.82 Å². The van der Waals surface area contributed by atoms with Gasteiger partial charge >= 0.3 is 0 Å². The molecule has 0 aliphatic carbocycles. The molecule has 2 aromatic carbocycles. The Morgan fingerprint density at radius 1 is 1.07 bits per heavy atom. The Labute approximate surface area is 189 Å². The predicted molar refractivity (Wildman–Crippen MR) is 127 cm³/mol. The number of nitrogens with one attached hydrogen (secondary N) is 3. The maximum atomic E-state index is 13.0. The highest BCUT2D eigenvalue weighted by Gasteiger charge is 2.04. The summed E-state index contributed by atoms with van der Waals surface area (Å²) in [5.41, 5.74) is 2.71. The van der Waals surface area contributed by atoms with E-state index in [9.17, 15) is 9.18 Å². The summed E-state index contributed by atoms with van der Waals surface area (Å²) in [6.45, 7) is 4.08. The SMILES string of the molecule is CCNC(=NCc1cccc(NC(=O)CN(C)C)c1)NCc1ccc(F)cc1.I. The summed E-state index contributed by atoms with van der Waals surface area (Å²) in [5, 5.41) is 9.32. The van der Waals surface area contributed by atoms with Crippen molar-refractivity contribution in [2.24, 2.45) is 4.99 Å². The molecular weight excluding hydrogens is 484 g/mol. The monoisotopic (exact) mass is 513 g/mol. The van der Waals surface area contributed by atoms with Crippen molar-refractivity contribution in [1.82, 2.24) is 15.5 Å². The zero-order chi connectivity index (χ0) is 20.4. The van der Waals surface area contributed by atoms with E-state index in [1.54, 1.807) is 12.1 Å². The number of carbonyl (C=O) groups is 1. The first kappa shape index (κ1) is 24.8. The molecule has 0 bridgehead atoms. The van der Waals surface area contributed by atoms with Crippen molar-refractivity contribution >= 4 is 41.5 Å². The topological polar surface area (TPSA) is 68.8 Å². The van der Waals surface area contributed by atoms with Crippen LogP contribution in [0.4, 0.5) is 10.1 Å². The Morgan fingerprint density at radius 3 is 2.45 bits per heavy atom. The van der Waals surface area contributed by atoms with Crippen LogP contribution in [0.3, 0.4) is 0 Å². The number of rotatable bonds is 8. The van der Waals surface area contributed by atoms with Crippen LogP contribution >= 0.6 is 24.0 Å². The molecule has 1 amide bonds. The predicted octanol–water partition coefficient (Wildman–Crippen LogP) is 3.20. The Kier molecular flexibility index (Phi) is 11.2. The summed E-state index contributed by atoms with van der Waals surface area (Å²) in [7, 11) is 3.71. The number of guanidine groups is 1. The van der Waals surface area contributed by atoms with Crippen LogP contribution in [0, 0.1) is 5.82 Å². The highest BCUT2D eigenvalue weighted by molar-refractivity contribution is 14.0. The van der Waals surface area contributed by atoms with Crippen molar-refractivity contribution in [2.75, 3.05) is 32.5 Å². The van der Waals surface area contributed by atoms with Crippen LogP contribution in [0.2, 0.25) is 0 Å². The lowest BCUT2D eigenvalue weighted by Crippen LogP contribution is -2.36. The molecule has 0 aliphatic heterocycles. The molecule has 0 atom stereocenters. The molecule has 0 saturated heterocycles. The van der Waals surface area contributed by atoms with Crippen molar-refractivity contribution in [2.45, 2.75) is 20.0 Å². The maximum Gasteiger partial charge on any atom is 0.238 e. The van der Waals surface area contributed by atoms with Crippen molar-refractivity contribution in [3.63, 3.8) is 0 Å². The first-order valence-corrected chi connectivity index (χ1v) is 9.26. The highest BCUT2D eigenvalue weighted by atomic mass is 127. The first-order valence-electron chi connectivity index (χ1n) is 9.26. The lowest BCUT2D eigenvalue weighted by atomic mass is 10.2. The molecule has 29 heavy (non-hydrogen) atoms. The summed E-state index contributed by atoms with van der Waals surface area (Å²) in [4.78, 5) is 18.3. The number of hydrogen-bond acceptors (Lipinski definition) is 3. The van der Waals surface area contributed by atoms with Gasteiger partial charge in [0.15, 0.2) is 5.96 Å². The van der Waals surface area contributed by atoms with Gasteiger partial charge in [-0.2, -0.15) is 0 Å². The summed E-state index contributed by atoms with van der Waals surface area (Å²) in [5.74, 6) is 0.371. The fraction of sp³-hybridized carbons (Fsp3) is 0.333. The third-order valence-electron chi connectivity index (χ3n) is 3.81. The summed E-state index contributed by atoms with van der Waals surface area (Å²) in [6.07, 6.45) is 0. The number of nitrogens with zero attached hydrogens (tertiary/aromatic N) is 2. The number of likely N-dealkylation sites (N-methyl/N-ethyl adjacent to an activating group) is 1. The lowest BCUT2D eigenvalue weighted by Gasteiger charge is -2.12. The second-order valence-electron chi connectivity index (χ2n) is 6.66. The number of hydrogen-bond donors (Lipinski definition) is 3. The molecule has 0 fully saturated rings. The third kappa shape index (κ3) is 9.71. The van der Waals surface area contributed by atoms with Crippen LogP contribution in [0.25, 0.3) is 0 Å². The van der Waals surface area contributed by atoms with E-state index in [2.05, 4.69) is 20.9 Å². The second kappa shape index (κ2) is 13.1. The number of carbonyl (C=O) groups excluding carboxylic acids is 1. The van der Waals surface area contributed by atoms with Crippen molar-refractivity contribution in [3.05, 3.63) is 65.5 Å². The Balaban J connectivity index is 0.00000420. The lowest BCUT2D eigenvalue weighted by molar-refractivity contribution is -0.116. The van der Waals surface area contributed by atoms with E-state index in [0.29, 0.717) is 25.6 Å². The van der Waals surface area contributed by atoms with Crippen LogP contribution in [0.15, 0.2) is 53.5 Å². The van der Waals surface area contributed by atoms with Crippen LogP contribution in [-0.2, 0) is 17.9 Å². The minimum Gasteiger partial charge on any atom is -0.357 e. The van der Waals surface area contributed by atoms with Gasteiger partial charge in [-0.3, -0.25) is 4.79 Å². The van der Waals surface area contributed by atoms with Crippen LogP contribution in [0.1, 0.15) is 18.1 Å². The number of benzene rings is 2. The van der Waals surface area contributed by atoms with E-state index in [1.807, 2.05) is 50.2 Å². The number of anilines is 1. The zero-order valence-electron chi connectivity index (χ0n) is 17.0. The number of halogens is 2. The zero-order valence-corrected chi connectivity index (χ0v) is 19.4. The van der Waals surface area contributed by atoms with E-state index in [1.165, 1.54) is 12.1 Å². The first-order chi connectivity index (χ1) is 13.5. The molecule has 0 spiro atoms. The van der Waals surface area contributed by atoms with Gasteiger partial charge in [-0.25, -0.2) is 9.38 Å². The molecule has 0 saturated carbocycles. The van der Waals surface area contributed by atoms with E-state index in [-0.39, 0.29) is 35.7 Å². The third-order valence-corrected chi connectivity index (χ3v) is 3.81. The van der Waals surface area contributed by atoms with Crippen LogP contribution < -0.4 is 16.0 Å². The molecule has 8 heteroatoms. The van der Waals surface area contributed by atoms with Gasteiger partial charge in [0.05, 0.1) is 13.1 Å². The van der Waals surface area contributed by atoms with Gasteiger partial charge in [-0.05, 0) is 56.4 Å².